The lowest BCUT2D eigenvalue weighted by Crippen LogP contribution is -2.67. The lowest BCUT2D eigenvalue weighted by Gasteiger charge is -2.44. The van der Waals surface area contributed by atoms with E-state index in [1.165, 1.54) is 11.8 Å². The zero-order valence-corrected chi connectivity index (χ0v) is 20.6. The van der Waals surface area contributed by atoms with Crippen LogP contribution in [0.4, 0.5) is 0 Å². The SMILES string of the molecule is CC(=O)N[C@H]1CCN([C@H](CO[Si](c2ccccc2)(c2ccccc2)C(C)(C)C)C(=O)O)C1=O. The molecule has 1 fully saturated rings. The van der Waals surface area contributed by atoms with Gasteiger partial charge >= 0.3 is 5.97 Å². The van der Waals surface area contributed by atoms with Crippen molar-refractivity contribution in [1.82, 2.24) is 10.2 Å². The maximum atomic E-state index is 12.9. The molecule has 2 N–H and O–H groups in total. The molecule has 0 saturated carbocycles. The minimum absolute atomic E-state index is 0.138. The van der Waals surface area contributed by atoms with Crippen molar-refractivity contribution in [2.75, 3.05) is 13.2 Å². The first-order chi connectivity index (χ1) is 15.6. The fourth-order valence-electron chi connectivity index (χ4n) is 4.65. The van der Waals surface area contributed by atoms with Gasteiger partial charge in [-0.05, 0) is 21.8 Å². The molecule has 0 aromatic heterocycles. The zero-order chi connectivity index (χ0) is 24.2. The molecular weight excluding hydrogens is 436 g/mol. The Morgan fingerprint density at radius 1 is 1.09 bits per heavy atom. The zero-order valence-electron chi connectivity index (χ0n) is 19.6. The van der Waals surface area contributed by atoms with Crippen LogP contribution in [-0.4, -0.2) is 61.3 Å². The van der Waals surface area contributed by atoms with Crippen LogP contribution < -0.4 is 15.7 Å². The van der Waals surface area contributed by atoms with Gasteiger partial charge in [-0.1, -0.05) is 81.4 Å². The van der Waals surface area contributed by atoms with Crippen LogP contribution in [0.3, 0.4) is 0 Å². The average Bonchev–Trinajstić information content (AvgIpc) is 3.10. The average molecular weight is 469 g/mol. The van der Waals surface area contributed by atoms with E-state index in [2.05, 4.69) is 26.1 Å². The van der Waals surface area contributed by atoms with Crippen LogP contribution >= 0.6 is 0 Å². The summed E-state index contributed by atoms with van der Waals surface area (Å²) in [5.41, 5.74) is 0. The van der Waals surface area contributed by atoms with E-state index in [0.29, 0.717) is 6.42 Å². The van der Waals surface area contributed by atoms with Crippen molar-refractivity contribution in [1.29, 1.82) is 0 Å². The van der Waals surface area contributed by atoms with Gasteiger partial charge in [-0.25, -0.2) is 4.79 Å². The fourth-order valence-corrected chi connectivity index (χ4v) is 9.21. The summed E-state index contributed by atoms with van der Waals surface area (Å²) in [6, 6.07) is 18.1. The number of carbonyl (C=O) groups excluding carboxylic acids is 2. The minimum atomic E-state index is -2.95. The highest BCUT2D eigenvalue weighted by molar-refractivity contribution is 6.99. The van der Waals surface area contributed by atoms with E-state index in [-0.39, 0.29) is 30.0 Å². The summed E-state index contributed by atoms with van der Waals surface area (Å²) >= 11 is 0. The number of nitrogens with one attached hydrogen (secondary N) is 1. The minimum Gasteiger partial charge on any atom is -0.480 e. The molecule has 2 aromatic carbocycles. The van der Waals surface area contributed by atoms with Crippen molar-refractivity contribution in [2.24, 2.45) is 0 Å². The largest absolute Gasteiger partial charge is 0.480 e. The second-order valence-electron chi connectivity index (χ2n) is 9.40. The Bertz CT molecular complexity index is 951. The molecule has 0 spiro atoms. The number of aliphatic carboxylic acids is 1. The second kappa shape index (κ2) is 9.89. The number of benzene rings is 2. The Labute approximate surface area is 195 Å². The number of amides is 2. The molecule has 1 aliphatic heterocycles. The van der Waals surface area contributed by atoms with Crippen molar-refractivity contribution < 1.29 is 23.9 Å². The van der Waals surface area contributed by atoms with E-state index in [1.54, 1.807) is 0 Å². The van der Waals surface area contributed by atoms with Gasteiger partial charge in [0.25, 0.3) is 8.32 Å². The second-order valence-corrected chi connectivity index (χ2v) is 13.7. The Kier molecular flexibility index (Phi) is 7.39. The molecule has 0 unspecified atom stereocenters. The van der Waals surface area contributed by atoms with Gasteiger partial charge in [0.15, 0.2) is 6.04 Å². The van der Waals surface area contributed by atoms with Crippen LogP contribution in [0.5, 0.6) is 0 Å². The number of nitrogens with zero attached hydrogens (tertiary/aromatic N) is 1. The van der Waals surface area contributed by atoms with Gasteiger partial charge in [0.1, 0.15) is 6.04 Å². The Morgan fingerprint density at radius 2 is 1.61 bits per heavy atom. The number of carboxylic acids is 1. The van der Waals surface area contributed by atoms with Crippen LogP contribution in [-0.2, 0) is 18.8 Å². The maximum absolute atomic E-state index is 12.9. The number of carboxylic acid groups (broad SMARTS) is 1. The van der Waals surface area contributed by atoms with Gasteiger partial charge < -0.3 is 19.7 Å². The van der Waals surface area contributed by atoms with Crippen molar-refractivity contribution in [2.45, 2.75) is 51.2 Å². The Morgan fingerprint density at radius 3 is 2.03 bits per heavy atom. The molecule has 7 nitrogen and oxygen atoms in total. The molecule has 0 aliphatic carbocycles. The van der Waals surface area contributed by atoms with Crippen molar-refractivity contribution in [3.05, 3.63) is 60.7 Å². The van der Waals surface area contributed by atoms with E-state index in [4.69, 9.17) is 4.43 Å². The lowest BCUT2D eigenvalue weighted by molar-refractivity contribution is -0.150. The maximum Gasteiger partial charge on any atom is 0.328 e. The predicted octanol–water partition coefficient (Wildman–Crippen LogP) is 1.75. The van der Waals surface area contributed by atoms with Crippen LogP contribution in [0.25, 0.3) is 0 Å². The quantitative estimate of drug-likeness (QED) is 0.576. The molecule has 2 amide bonds. The monoisotopic (exact) mass is 468 g/mol. The number of likely N-dealkylation sites (tertiary alicyclic amines) is 1. The van der Waals surface area contributed by atoms with Crippen LogP contribution in [0.2, 0.25) is 5.04 Å². The summed E-state index contributed by atoms with van der Waals surface area (Å²) in [4.78, 5) is 37.8. The number of hydrogen-bond acceptors (Lipinski definition) is 4. The Hall–Kier alpha value is -2.97. The molecule has 2 aromatic rings. The van der Waals surface area contributed by atoms with E-state index >= 15 is 0 Å². The molecular formula is C25H32N2O5Si. The molecule has 1 saturated heterocycles. The molecule has 0 radical (unpaired) electrons. The summed E-state index contributed by atoms with van der Waals surface area (Å²) in [5.74, 6) is -1.82. The van der Waals surface area contributed by atoms with Gasteiger partial charge in [0, 0.05) is 13.5 Å². The molecule has 8 heteroatoms. The summed E-state index contributed by atoms with van der Waals surface area (Å²) < 4.78 is 6.74. The van der Waals surface area contributed by atoms with E-state index < -0.39 is 26.4 Å². The van der Waals surface area contributed by atoms with Gasteiger partial charge in [0.2, 0.25) is 11.8 Å². The van der Waals surface area contributed by atoms with Crippen LogP contribution in [0.1, 0.15) is 34.1 Å². The number of carbonyl (C=O) groups is 3. The first kappa shape index (κ1) is 24.7. The highest BCUT2D eigenvalue weighted by Gasteiger charge is 2.51. The van der Waals surface area contributed by atoms with Crippen LogP contribution in [0.15, 0.2) is 60.7 Å². The van der Waals surface area contributed by atoms with Crippen LogP contribution in [0, 0.1) is 0 Å². The van der Waals surface area contributed by atoms with Gasteiger partial charge in [-0.2, -0.15) is 0 Å². The third-order valence-electron chi connectivity index (χ3n) is 6.15. The molecule has 176 valence electrons. The van der Waals surface area contributed by atoms with E-state index in [0.717, 1.165) is 10.4 Å². The summed E-state index contributed by atoms with van der Waals surface area (Å²) in [5, 5.41) is 14.4. The molecule has 1 aliphatic rings. The van der Waals surface area contributed by atoms with Crippen molar-refractivity contribution >= 4 is 36.5 Å². The third kappa shape index (κ3) is 5.01. The summed E-state index contributed by atoms with van der Waals surface area (Å²) in [6.07, 6.45) is 0.376. The highest BCUT2D eigenvalue weighted by Crippen LogP contribution is 2.37. The summed E-state index contributed by atoms with van der Waals surface area (Å²) in [7, 11) is -2.95. The third-order valence-corrected chi connectivity index (χ3v) is 11.2. The van der Waals surface area contributed by atoms with E-state index in [1.807, 2.05) is 60.7 Å². The van der Waals surface area contributed by atoms with E-state index in [9.17, 15) is 19.5 Å². The standard InChI is InChI=1S/C25H32N2O5Si/c1-18(28)26-21-15-16-27(23(21)29)22(24(30)31)17-32-33(25(2,3)4,19-11-7-5-8-12-19)20-13-9-6-10-14-20/h5-14,21-22H,15-17H2,1-4H3,(H,26,28)(H,30,31)/t21-,22+/m0/s1. The molecule has 1 heterocycles. The van der Waals surface area contributed by atoms with Gasteiger partial charge in [-0.3, -0.25) is 9.59 Å². The Balaban J connectivity index is 1.98. The number of hydrogen-bond donors (Lipinski definition) is 2. The van der Waals surface area contributed by atoms with Crippen molar-refractivity contribution in [3.8, 4) is 0 Å². The topological polar surface area (TPSA) is 95.9 Å². The van der Waals surface area contributed by atoms with Gasteiger partial charge in [-0.15, -0.1) is 0 Å². The highest BCUT2D eigenvalue weighted by atomic mass is 28.4. The molecule has 0 bridgehead atoms. The normalized spacial score (nSPS) is 17.6. The fraction of sp³-hybridized carbons (Fsp3) is 0.400. The van der Waals surface area contributed by atoms with Gasteiger partial charge in [0.05, 0.1) is 6.61 Å². The lowest BCUT2D eigenvalue weighted by atomic mass is 10.2. The number of rotatable bonds is 8. The molecule has 33 heavy (non-hydrogen) atoms. The summed E-state index contributed by atoms with van der Waals surface area (Å²) in [6.45, 7) is 7.80. The van der Waals surface area contributed by atoms with Crippen molar-refractivity contribution in [3.63, 3.8) is 0 Å². The smallest absolute Gasteiger partial charge is 0.328 e. The first-order valence-electron chi connectivity index (χ1n) is 11.1. The molecule has 2 atom stereocenters. The first-order valence-corrected chi connectivity index (χ1v) is 13.0. The predicted molar refractivity (Wildman–Crippen MR) is 129 cm³/mol. The molecule has 3 rings (SSSR count).